The summed E-state index contributed by atoms with van der Waals surface area (Å²) in [5.41, 5.74) is 8.21. The van der Waals surface area contributed by atoms with Gasteiger partial charge in [-0.3, -0.25) is 9.78 Å². The van der Waals surface area contributed by atoms with Gasteiger partial charge in [0.15, 0.2) is 0 Å². The zero-order chi connectivity index (χ0) is 19.5. The minimum absolute atomic E-state index is 0.0361. The molecule has 28 heavy (non-hydrogen) atoms. The van der Waals surface area contributed by atoms with Crippen LogP contribution in [0.3, 0.4) is 0 Å². The Kier molecular flexibility index (Phi) is 4.99. The number of piperazine rings is 1. The van der Waals surface area contributed by atoms with E-state index in [0.717, 1.165) is 13.1 Å². The number of nitrogens with two attached hydrogens (primary N) is 1. The molecule has 7 heteroatoms. The summed E-state index contributed by atoms with van der Waals surface area (Å²) in [6.07, 6.45) is 2.83. The number of nitrogens with one attached hydrogen (secondary N) is 1. The zero-order valence-electron chi connectivity index (χ0n) is 15.2. The van der Waals surface area contributed by atoms with E-state index in [0.29, 0.717) is 41.0 Å². The molecule has 6 nitrogen and oxygen atoms in total. The molecule has 0 unspecified atom stereocenters. The lowest BCUT2D eigenvalue weighted by molar-refractivity contribution is 0.0736. The molecule has 0 radical (unpaired) electrons. The molecule has 1 aliphatic heterocycles. The van der Waals surface area contributed by atoms with Gasteiger partial charge >= 0.3 is 0 Å². The molecular formula is C21H20FN5O. The Morgan fingerprint density at radius 1 is 1.04 bits per heavy atom. The molecule has 0 spiro atoms. The maximum absolute atomic E-state index is 14.8. The number of halogens is 1. The van der Waals surface area contributed by atoms with E-state index >= 15 is 0 Å². The number of anilines is 1. The lowest BCUT2D eigenvalue weighted by Crippen LogP contribution is -2.46. The maximum Gasteiger partial charge on any atom is 0.254 e. The van der Waals surface area contributed by atoms with Crippen molar-refractivity contribution in [3.63, 3.8) is 0 Å². The van der Waals surface area contributed by atoms with Crippen molar-refractivity contribution in [2.75, 3.05) is 31.9 Å². The van der Waals surface area contributed by atoms with Crippen LogP contribution in [0.25, 0.3) is 22.4 Å². The molecule has 3 N–H and O–H groups in total. The molecular weight excluding hydrogens is 357 g/mol. The molecule has 3 aromatic rings. The number of carbonyl (C=O) groups is 1. The Hall–Kier alpha value is -3.32. The molecule has 2 heterocycles. The lowest BCUT2D eigenvalue weighted by Gasteiger charge is -2.28. The molecule has 1 amide bonds. The van der Waals surface area contributed by atoms with Crippen LogP contribution in [0.15, 0.2) is 54.9 Å². The van der Waals surface area contributed by atoms with E-state index in [1.807, 2.05) is 23.1 Å². The van der Waals surface area contributed by atoms with Crippen LogP contribution in [0.2, 0.25) is 0 Å². The van der Waals surface area contributed by atoms with E-state index in [-0.39, 0.29) is 11.7 Å². The number of hydrogen-bond acceptors (Lipinski definition) is 5. The van der Waals surface area contributed by atoms with Crippen molar-refractivity contribution >= 4 is 11.7 Å². The van der Waals surface area contributed by atoms with Crippen LogP contribution >= 0.6 is 0 Å². The molecule has 0 atom stereocenters. The first-order chi connectivity index (χ1) is 13.6. The van der Waals surface area contributed by atoms with Crippen molar-refractivity contribution in [1.82, 2.24) is 20.2 Å². The quantitative estimate of drug-likeness (QED) is 0.733. The zero-order valence-corrected chi connectivity index (χ0v) is 15.2. The summed E-state index contributed by atoms with van der Waals surface area (Å²) in [4.78, 5) is 22.9. The fourth-order valence-corrected chi connectivity index (χ4v) is 3.33. The third kappa shape index (κ3) is 3.57. The Morgan fingerprint density at radius 2 is 1.82 bits per heavy atom. The summed E-state index contributed by atoms with van der Waals surface area (Å²) in [7, 11) is 0. The van der Waals surface area contributed by atoms with Crippen LogP contribution in [0.5, 0.6) is 0 Å². The molecule has 0 bridgehead atoms. The first-order valence-electron chi connectivity index (χ1n) is 9.10. The van der Waals surface area contributed by atoms with Crippen molar-refractivity contribution in [3.05, 3.63) is 66.2 Å². The van der Waals surface area contributed by atoms with Gasteiger partial charge in [0.1, 0.15) is 11.6 Å². The predicted octanol–water partition coefficient (Wildman–Crippen LogP) is 2.58. The minimum Gasteiger partial charge on any atom is -0.382 e. The Morgan fingerprint density at radius 3 is 2.54 bits per heavy atom. The summed E-state index contributed by atoms with van der Waals surface area (Å²) in [5.74, 6) is -0.187. The third-order valence-corrected chi connectivity index (χ3v) is 4.79. The molecule has 0 saturated carbocycles. The van der Waals surface area contributed by atoms with Gasteiger partial charge in [-0.1, -0.05) is 24.3 Å². The van der Waals surface area contributed by atoms with Crippen molar-refractivity contribution in [2.45, 2.75) is 0 Å². The second kappa shape index (κ2) is 7.74. The molecule has 1 aromatic heterocycles. The van der Waals surface area contributed by atoms with Crippen LogP contribution in [-0.2, 0) is 0 Å². The number of carbonyl (C=O) groups excluding carboxylic acids is 1. The third-order valence-electron chi connectivity index (χ3n) is 4.79. The second-order valence-corrected chi connectivity index (χ2v) is 6.61. The first kappa shape index (κ1) is 18.1. The van der Waals surface area contributed by atoms with E-state index in [4.69, 9.17) is 5.73 Å². The monoisotopic (exact) mass is 377 g/mol. The highest BCUT2D eigenvalue weighted by atomic mass is 19.1. The van der Waals surface area contributed by atoms with Crippen molar-refractivity contribution in [1.29, 1.82) is 0 Å². The van der Waals surface area contributed by atoms with Gasteiger partial charge in [0.05, 0.1) is 18.1 Å². The standard InChI is InChI=1S/C21H20FN5O/c22-18-11-14(5-6-17(18)19-12-26-20(23)13-25-19)15-3-1-2-4-16(15)21(28)27-9-7-24-8-10-27/h1-6,11-13,24H,7-10H2,(H2,23,26). The largest absolute Gasteiger partial charge is 0.382 e. The molecule has 0 aliphatic carbocycles. The fourth-order valence-electron chi connectivity index (χ4n) is 3.33. The van der Waals surface area contributed by atoms with Gasteiger partial charge in [-0.15, -0.1) is 0 Å². The predicted molar refractivity (Wildman–Crippen MR) is 106 cm³/mol. The molecule has 4 rings (SSSR count). The second-order valence-electron chi connectivity index (χ2n) is 6.61. The van der Waals surface area contributed by atoms with Crippen molar-refractivity contribution < 1.29 is 9.18 Å². The number of nitrogen functional groups attached to an aromatic ring is 1. The van der Waals surface area contributed by atoms with Gasteiger partial charge in [0, 0.05) is 37.3 Å². The van der Waals surface area contributed by atoms with Gasteiger partial charge in [-0.2, -0.15) is 0 Å². The van der Waals surface area contributed by atoms with E-state index in [1.54, 1.807) is 18.2 Å². The lowest BCUT2D eigenvalue weighted by atomic mass is 9.97. The highest BCUT2D eigenvalue weighted by molar-refractivity contribution is 6.01. The van der Waals surface area contributed by atoms with E-state index in [2.05, 4.69) is 15.3 Å². The minimum atomic E-state index is -0.430. The topological polar surface area (TPSA) is 84.1 Å². The fraction of sp³-hybridized carbons (Fsp3) is 0.190. The van der Waals surface area contributed by atoms with Crippen LogP contribution in [0.1, 0.15) is 10.4 Å². The van der Waals surface area contributed by atoms with Gasteiger partial charge in [0.2, 0.25) is 0 Å². The smallest absolute Gasteiger partial charge is 0.254 e. The van der Waals surface area contributed by atoms with Gasteiger partial charge in [0.25, 0.3) is 5.91 Å². The molecule has 1 aliphatic rings. The highest BCUT2D eigenvalue weighted by Gasteiger charge is 2.21. The summed E-state index contributed by atoms with van der Waals surface area (Å²) < 4.78 is 14.8. The SMILES string of the molecule is Nc1cnc(-c2ccc(-c3ccccc3C(=O)N3CCNCC3)cc2F)cn1. The Balaban J connectivity index is 1.69. The number of benzene rings is 2. The normalized spacial score (nSPS) is 14.1. The molecule has 1 saturated heterocycles. The number of aromatic nitrogens is 2. The Labute approximate surface area is 162 Å². The average Bonchev–Trinajstić information content (AvgIpc) is 2.74. The van der Waals surface area contributed by atoms with E-state index < -0.39 is 5.82 Å². The van der Waals surface area contributed by atoms with Crippen LogP contribution < -0.4 is 11.1 Å². The maximum atomic E-state index is 14.8. The summed E-state index contributed by atoms with van der Waals surface area (Å²) in [5, 5.41) is 3.24. The number of hydrogen-bond donors (Lipinski definition) is 2. The summed E-state index contributed by atoms with van der Waals surface area (Å²) in [6, 6.07) is 12.2. The summed E-state index contributed by atoms with van der Waals surface area (Å²) >= 11 is 0. The van der Waals surface area contributed by atoms with E-state index in [1.165, 1.54) is 18.5 Å². The molecule has 1 fully saturated rings. The number of rotatable bonds is 3. The number of amides is 1. The van der Waals surface area contributed by atoms with Crippen molar-refractivity contribution in [2.24, 2.45) is 0 Å². The van der Waals surface area contributed by atoms with E-state index in [9.17, 15) is 9.18 Å². The van der Waals surface area contributed by atoms with Crippen LogP contribution in [0, 0.1) is 5.82 Å². The van der Waals surface area contributed by atoms with Gasteiger partial charge in [-0.05, 0) is 29.3 Å². The first-order valence-corrected chi connectivity index (χ1v) is 9.10. The van der Waals surface area contributed by atoms with Crippen LogP contribution in [-0.4, -0.2) is 47.0 Å². The highest BCUT2D eigenvalue weighted by Crippen LogP contribution is 2.29. The average molecular weight is 377 g/mol. The molecule has 142 valence electrons. The number of nitrogens with zero attached hydrogens (tertiary/aromatic N) is 3. The summed E-state index contributed by atoms with van der Waals surface area (Å²) in [6.45, 7) is 2.88. The van der Waals surface area contributed by atoms with Gasteiger partial charge < -0.3 is 16.0 Å². The Bertz CT molecular complexity index is 1000. The van der Waals surface area contributed by atoms with Gasteiger partial charge in [-0.25, -0.2) is 9.37 Å². The van der Waals surface area contributed by atoms with Crippen molar-refractivity contribution in [3.8, 4) is 22.4 Å². The van der Waals surface area contributed by atoms with Crippen LogP contribution in [0.4, 0.5) is 10.2 Å². The molecule has 2 aromatic carbocycles.